The van der Waals surface area contributed by atoms with E-state index in [2.05, 4.69) is 51.5 Å². The summed E-state index contributed by atoms with van der Waals surface area (Å²) in [5.41, 5.74) is 0. The summed E-state index contributed by atoms with van der Waals surface area (Å²) in [6.45, 7) is 12.6. The largest absolute Gasteiger partial charge is 0.353 e. The van der Waals surface area contributed by atoms with E-state index < -0.39 is 0 Å². The third-order valence-corrected chi connectivity index (χ3v) is 6.64. The fourth-order valence-electron chi connectivity index (χ4n) is 4.49. The molecule has 2 saturated heterocycles. The number of hydrogen-bond acceptors (Lipinski definition) is 6. The highest BCUT2D eigenvalue weighted by Crippen LogP contribution is 2.30. The number of hydrogen-bond donors (Lipinski definition) is 0. The van der Waals surface area contributed by atoms with E-state index in [4.69, 9.17) is 0 Å². The zero-order valence-corrected chi connectivity index (χ0v) is 17.3. The van der Waals surface area contributed by atoms with Crippen LogP contribution in [0.25, 0.3) is 10.2 Å². The molecule has 2 aliphatic rings. The Morgan fingerprint density at radius 1 is 1.15 bits per heavy atom. The van der Waals surface area contributed by atoms with Crippen LogP contribution < -0.4 is 4.90 Å². The van der Waals surface area contributed by atoms with Crippen LogP contribution in [0.5, 0.6) is 0 Å². The lowest BCUT2D eigenvalue weighted by Gasteiger charge is -2.38. The van der Waals surface area contributed by atoms with Crippen LogP contribution in [0.15, 0.2) is 12.4 Å². The maximum Gasteiger partial charge on any atom is 0.236 e. The van der Waals surface area contributed by atoms with Crippen molar-refractivity contribution in [3.8, 4) is 0 Å². The molecule has 0 spiro atoms. The molecule has 4 rings (SSSR count). The smallest absolute Gasteiger partial charge is 0.236 e. The number of carbonyl (C=O) groups excluding carboxylic acids is 1. The van der Waals surface area contributed by atoms with Gasteiger partial charge in [0.1, 0.15) is 17.0 Å². The zero-order chi connectivity index (χ0) is 19.0. The van der Waals surface area contributed by atoms with Gasteiger partial charge in [0.25, 0.3) is 0 Å². The molecule has 27 heavy (non-hydrogen) atoms. The minimum absolute atomic E-state index is 0.291. The van der Waals surface area contributed by atoms with E-state index in [1.54, 1.807) is 17.7 Å². The number of carbonyl (C=O) groups is 1. The molecular formula is C20H29N5OS. The fourth-order valence-corrected chi connectivity index (χ4v) is 5.33. The first-order valence-corrected chi connectivity index (χ1v) is 10.8. The van der Waals surface area contributed by atoms with E-state index >= 15 is 0 Å². The number of piperazine rings is 1. The highest BCUT2D eigenvalue weighted by atomic mass is 32.1. The van der Waals surface area contributed by atoms with Crippen molar-refractivity contribution >= 4 is 33.3 Å². The molecule has 2 aromatic rings. The summed E-state index contributed by atoms with van der Waals surface area (Å²) in [4.78, 5) is 30.7. The molecule has 2 atom stereocenters. The predicted molar refractivity (Wildman–Crippen MR) is 110 cm³/mol. The number of rotatable bonds is 3. The van der Waals surface area contributed by atoms with Gasteiger partial charge in [-0.1, -0.05) is 13.8 Å². The fraction of sp³-hybridized carbons (Fsp3) is 0.650. The van der Waals surface area contributed by atoms with Gasteiger partial charge in [0.15, 0.2) is 0 Å². The van der Waals surface area contributed by atoms with Crippen LogP contribution in [0.4, 0.5) is 5.82 Å². The Morgan fingerprint density at radius 2 is 1.85 bits per heavy atom. The monoisotopic (exact) mass is 387 g/mol. The molecule has 6 nitrogen and oxygen atoms in total. The maximum absolute atomic E-state index is 12.7. The highest BCUT2D eigenvalue weighted by Gasteiger charge is 2.28. The molecule has 7 heteroatoms. The molecule has 146 valence electrons. The van der Waals surface area contributed by atoms with Gasteiger partial charge < -0.3 is 9.80 Å². The van der Waals surface area contributed by atoms with Crippen LogP contribution in [0.1, 0.15) is 25.1 Å². The van der Waals surface area contributed by atoms with Crippen molar-refractivity contribution in [2.24, 2.45) is 11.8 Å². The molecule has 0 aliphatic carbocycles. The van der Waals surface area contributed by atoms with Crippen LogP contribution in [0.2, 0.25) is 0 Å². The number of nitrogens with zero attached hydrogens (tertiary/aromatic N) is 5. The van der Waals surface area contributed by atoms with Gasteiger partial charge >= 0.3 is 0 Å². The minimum atomic E-state index is 0.291. The van der Waals surface area contributed by atoms with Crippen molar-refractivity contribution < 1.29 is 4.79 Å². The molecule has 2 aliphatic heterocycles. The standard InChI is InChI=1S/C20H29N5OS/c1-14-8-15(2)11-25(10-14)18(26)12-23-4-6-24(7-5-23)19-17-9-16(3)27-20(17)22-13-21-19/h9,13-15H,4-8,10-12H2,1-3H3. The van der Waals surface area contributed by atoms with Gasteiger partial charge in [0, 0.05) is 44.1 Å². The predicted octanol–water partition coefficient (Wildman–Crippen LogP) is 2.63. The van der Waals surface area contributed by atoms with Gasteiger partial charge in [-0.05, 0) is 31.2 Å². The van der Waals surface area contributed by atoms with Crippen LogP contribution in [-0.4, -0.2) is 71.5 Å². The highest BCUT2D eigenvalue weighted by molar-refractivity contribution is 7.18. The summed E-state index contributed by atoms with van der Waals surface area (Å²) in [5, 5.41) is 1.15. The molecule has 0 saturated carbocycles. The molecule has 2 fully saturated rings. The van der Waals surface area contributed by atoms with E-state index in [-0.39, 0.29) is 0 Å². The Labute approximate surface area is 165 Å². The molecule has 1 amide bonds. The Kier molecular flexibility index (Phi) is 5.32. The summed E-state index contributed by atoms with van der Waals surface area (Å²) < 4.78 is 0. The normalized spacial score (nSPS) is 24.6. The van der Waals surface area contributed by atoms with E-state index in [0.29, 0.717) is 24.3 Å². The Bertz CT molecular complexity index is 804. The lowest BCUT2D eigenvalue weighted by atomic mass is 9.92. The van der Waals surface area contributed by atoms with Crippen molar-refractivity contribution in [2.75, 3.05) is 50.7 Å². The first-order valence-electron chi connectivity index (χ1n) is 9.96. The van der Waals surface area contributed by atoms with Crippen LogP contribution >= 0.6 is 11.3 Å². The zero-order valence-electron chi connectivity index (χ0n) is 16.5. The topological polar surface area (TPSA) is 52.6 Å². The van der Waals surface area contributed by atoms with Gasteiger partial charge in [0.05, 0.1) is 11.9 Å². The van der Waals surface area contributed by atoms with Crippen LogP contribution in [-0.2, 0) is 4.79 Å². The summed E-state index contributed by atoms with van der Waals surface area (Å²) in [5.74, 6) is 2.56. The molecular weight excluding hydrogens is 358 g/mol. The number of fused-ring (bicyclic) bond motifs is 1. The van der Waals surface area contributed by atoms with Crippen LogP contribution in [0, 0.1) is 18.8 Å². The van der Waals surface area contributed by atoms with Gasteiger partial charge in [-0.25, -0.2) is 9.97 Å². The second-order valence-electron chi connectivity index (χ2n) is 8.28. The van der Waals surface area contributed by atoms with Gasteiger partial charge in [-0.3, -0.25) is 9.69 Å². The molecule has 0 bridgehead atoms. The average Bonchev–Trinajstić information content (AvgIpc) is 3.01. The quantitative estimate of drug-likeness (QED) is 0.810. The van der Waals surface area contributed by atoms with E-state index in [0.717, 1.165) is 55.3 Å². The summed E-state index contributed by atoms with van der Waals surface area (Å²) in [7, 11) is 0. The van der Waals surface area contributed by atoms with Crippen molar-refractivity contribution in [1.29, 1.82) is 0 Å². The Balaban J connectivity index is 1.35. The van der Waals surface area contributed by atoms with Gasteiger partial charge in [-0.2, -0.15) is 0 Å². The lowest BCUT2D eigenvalue weighted by molar-refractivity contribution is -0.135. The van der Waals surface area contributed by atoms with E-state index in [9.17, 15) is 4.79 Å². The molecule has 0 aromatic carbocycles. The molecule has 2 unspecified atom stereocenters. The van der Waals surface area contributed by atoms with Gasteiger partial charge in [-0.15, -0.1) is 11.3 Å². The Morgan fingerprint density at radius 3 is 2.56 bits per heavy atom. The maximum atomic E-state index is 12.7. The second-order valence-corrected chi connectivity index (χ2v) is 9.52. The number of anilines is 1. The van der Waals surface area contributed by atoms with Crippen molar-refractivity contribution in [2.45, 2.75) is 27.2 Å². The number of amides is 1. The Hall–Kier alpha value is -1.73. The van der Waals surface area contributed by atoms with Crippen molar-refractivity contribution in [3.63, 3.8) is 0 Å². The summed E-state index contributed by atoms with van der Waals surface area (Å²) in [6, 6.07) is 2.18. The molecule has 0 N–H and O–H groups in total. The second kappa shape index (κ2) is 7.72. The van der Waals surface area contributed by atoms with Gasteiger partial charge in [0.2, 0.25) is 5.91 Å². The van der Waals surface area contributed by atoms with E-state index in [1.165, 1.54) is 11.3 Å². The summed E-state index contributed by atoms with van der Waals surface area (Å²) >= 11 is 1.72. The van der Waals surface area contributed by atoms with Crippen molar-refractivity contribution in [3.05, 3.63) is 17.3 Å². The first kappa shape index (κ1) is 18.6. The third kappa shape index (κ3) is 4.09. The number of aromatic nitrogens is 2. The van der Waals surface area contributed by atoms with Crippen molar-refractivity contribution in [1.82, 2.24) is 19.8 Å². The third-order valence-electron chi connectivity index (χ3n) is 5.68. The number of piperidine rings is 1. The average molecular weight is 388 g/mol. The number of likely N-dealkylation sites (tertiary alicyclic amines) is 1. The van der Waals surface area contributed by atoms with Crippen LogP contribution in [0.3, 0.4) is 0 Å². The SMILES string of the molecule is Cc1cc2c(N3CCN(CC(=O)N4CC(C)CC(C)C4)CC3)ncnc2s1. The minimum Gasteiger partial charge on any atom is -0.353 e. The molecule has 0 radical (unpaired) electrons. The van der Waals surface area contributed by atoms with E-state index in [1.807, 2.05) is 0 Å². The lowest BCUT2D eigenvalue weighted by Crippen LogP contribution is -2.52. The first-order chi connectivity index (χ1) is 13.0. The summed E-state index contributed by atoms with van der Waals surface area (Å²) in [6.07, 6.45) is 2.90. The molecule has 2 aromatic heterocycles. The number of thiophene rings is 1. The molecule has 4 heterocycles. The number of aryl methyl sites for hydroxylation is 1.